The van der Waals surface area contributed by atoms with Gasteiger partial charge in [0.15, 0.2) is 0 Å². The molecule has 3 heteroatoms. The fourth-order valence-corrected chi connectivity index (χ4v) is 6.34. The van der Waals surface area contributed by atoms with Crippen LogP contribution in [0.15, 0.2) is 0 Å². The van der Waals surface area contributed by atoms with E-state index in [1.54, 1.807) is 0 Å². The van der Waals surface area contributed by atoms with Gasteiger partial charge in [-0.15, -0.1) is 0 Å². The quantitative estimate of drug-likeness (QED) is 0.567. The average Bonchev–Trinajstić information content (AvgIpc) is 2.76. The predicted octanol–water partition coefficient (Wildman–Crippen LogP) is 6.34. The summed E-state index contributed by atoms with van der Waals surface area (Å²) in [5.74, 6) is 4.33. The Balaban J connectivity index is 2.05. The fourth-order valence-electron chi connectivity index (χ4n) is 6.34. The van der Waals surface area contributed by atoms with E-state index in [0.29, 0.717) is 24.3 Å². The van der Waals surface area contributed by atoms with Crippen molar-refractivity contribution in [1.82, 2.24) is 0 Å². The normalized spacial score (nSPS) is 36.9. The second kappa shape index (κ2) is 12.2. The zero-order chi connectivity index (χ0) is 20.5. The first-order valence-corrected chi connectivity index (χ1v) is 12.3. The minimum atomic E-state index is -0.0620. The third-order valence-electron chi connectivity index (χ3n) is 8.30. The van der Waals surface area contributed by atoms with Gasteiger partial charge < -0.3 is 10.5 Å². The molecule has 28 heavy (non-hydrogen) atoms. The molecule has 2 aliphatic rings. The largest absolute Gasteiger partial charge is 0.469 e. The Morgan fingerprint density at radius 2 is 1.61 bits per heavy atom. The Hall–Kier alpha value is -0.570. The number of esters is 1. The molecule has 3 unspecified atom stereocenters. The van der Waals surface area contributed by atoms with Gasteiger partial charge in [-0.25, -0.2) is 0 Å². The van der Waals surface area contributed by atoms with E-state index in [9.17, 15) is 4.79 Å². The van der Waals surface area contributed by atoms with E-state index in [4.69, 9.17) is 10.5 Å². The molecule has 2 saturated carbocycles. The maximum Gasteiger partial charge on any atom is 0.305 e. The lowest BCUT2D eigenvalue weighted by molar-refractivity contribution is -0.141. The number of hydrogen-bond acceptors (Lipinski definition) is 3. The SMILES string of the molecule is COC(=O)CC[C@@H](C)C1CCC[C@@H]2[C@@H](N)CCCCCCC(C)[C@@H]2CCC1C. The number of methoxy groups -OCH3 is 1. The molecule has 0 spiro atoms. The highest BCUT2D eigenvalue weighted by Gasteiger charge is 2.34. The van der Waals surface area contributed by atoms with E-state index < -0.39 is 0 Å². The Kier molecular flexibility index (Phi) is 10.3. The maximum absolute atomic E-state index is 11.6. The van der Waals surface area contributed by atoms with Crippen LogP contribution in [-0.4, -0.2) is 19.1 Å². The zero-order valence-electron chi connectivity index (χ0n) is 19.1. The van der Waals surface area contributed by atoms with Crippen LogP contribution in [0.2, 0.25) is 0 Å². The maximum atomic E-state index is 11.6. The molecule has 2 N–H and O–H groups in total. The van der Waals surface area contributed by atoms with Crippen molar-refractivity contribution in [2.45, 2.75) is 110 Å². The van der Waals surface area contributed by atoms with Crippen LogP contribution < -0.4 is 5.73 Å². The smallest absolute Gasteiger partial charge is 0.305 e. The van der Waals surface area contributed by atoms with Crippen molar-refractivity contribution in [3.8, 4) is 0 Å². The molecule has 3 nitrogen and oxygen atoms in total. The minimum Gasteiger partial charge on any atom is -0.469 e. The first kappa shape index (κ1) is 23.7. The number of fused-ring (bicyclic) bond motifs is 1. The predicted molar refractivity (Wildman–Crippen MR) is 118 cm³/mol. The molecular formula is C25H47NO2. The van der Waals surface area contributed by atoms with E-state index in [0.717, 1.165) is 30.1 Å². The summed E-state index contributed by atoms with van der Waals surface area (Å²) < 4.78 is 4.86. The third-order valence-corrected chi connectivity index (χ3v) is 8.30. The summed E-state index contributed by atoms with van der Waals surface area (Å²) in [5.41, 5.74) is 6.79. The van der Waals surface area contributed by atoms with Gasteiger partial charge in [-0.1, -0.05) is 65.7 Å². The van der Waals surface area contributed by atoms with E-state index in [-0.39, 0.29) is 5.97 Å². The van der Waals surface area contributed by atoms with Gasteiger partial charge in [0.25, 0.3) is 0 Å². The highest BCUT2D eigenvalue weighted by atomic mass is 16.5. The molecule has 2 fully saturated rings. The fraction of sp³-hybridized carbons (Fsp3) is 0.960. The molecule has 0 aromatic heterocycles. The number of nitrogens with two attached hydrogens (primary N) is 1. The summed E-state index contributed by atoms with van der Waals surface area (Å²) in [6.45, 7) is 7.32. The molecule has 0 aromatic rings. The van der Waals surface area contributed by atoms with E-state index in [1.165, 1.54) is 77.7 Å². The van der Waals surface area contributed by atoms with Gasteiger partial charge in [-0.3, -0.25) is 4.79 Å². The van der Waals surface area contributed by atoms with Gasteiger partial charge >= 0.3 is 5.97 Å². The molecule has 0 amide bonds. The number of ether oxygens (including phenoxy) is 1. The van der Waals surface area contributed by atoms with Crippen LogP contribution in [0.5, 0.6) is 0 Å². The molecule has 2 rings (SSSR count). The summed E-state index contributed by atoms with van der Waals surface area (Å²) in [7, 11) is 1.50. The van der Waals surface area contributed by atoms with Crippen molar-refractivity contribution in [2.75, 3.05) is 7.11 Å². The lowest BCUT2D eigenvalue weighted by atomic mass is 9.70. The Morgan fingerprint density at radius 3 is 2.32 bits per heavy atom. The highest BCUT2D eigenvalue weighted by Crippen LogP contribution is 2.42. The van der Waals surface area contributed by atoms with Gasteiger partial charge in [0, 0.05) is 12.5 Å². The van der Waals surface area contributed by atoms with Crippen molar-refractivity contribution in [1.29, 1.82) is 0 Å². The molecule has 0 aliphatic heterocycles. The molecular weight excluding hydrogens is 346 g/mol. The van der Waals surface area contributed by atoms with Gasteiger partial charge in [0.05, 0.1) is 7.11 Å². The Bertz CT molecular complexity index is 452. The molecule has 2 aliphatic carbocycles. The second-order valence-corrected chi connectivity index (χ2v) is 10.2. The number of carbonyl (C=O) groups excluding carboxylic acids is 1. The van der Waals surface area contributed by atoms with Gasteiger partial charge in [-0.2, -0.15) is 0 Å². The van der Waals surface area contributed by atoms with Gasteiger partial charge in [0.1, 0.15) is 0 Å². The summed E-state index contributed by atoms with van der Waals surface area (Å²) >= 11 is 0. The summed E-state index contributed by atoms with van der Waals surface area (Å²) in [6, 6.07) is 0.397. The van der Waals surface area contributed by atoms with Crippen molar-refractivity contribution in [3.63, 3.8) is 0 Å². The molecule has 7 atom stereocenters. The zero-order valence-corrected chi connectivity index (χ0v) is 19.1. The lowest BCUT2D eigenvalue weighted by Crippen LogP contribution is -2.38. The van der Waals surface area contributed by atoms with Crippen molar-refractivity contribution in [2.24, 2.45) is 41.2 Å². The molecule has 0 saturated heterocycles. The Labute approximate surface area is 174 Å². The van der Waals surface area contributed by atoms with Crippen molar-refractivity contribution >= 4 is 5.97 Å². The van der Waals surface area contributed by atoms with Crippen LogP contribution in [0.3, 0.4) is 0 Å². The van der Waals surface area contributed by atoms with Gasteiger partial charge in [0.2, 0.25) is 0 Å². The number of hydrogen-bond donors (Lipinski definition) is 1. The second-order valence-electron chi connectivity index (χ2n) is 10.2. The summed E-state index contributed by atoms with van der Waals surface area (Å²) in [5, 5.41) is 0. The van der Waals surface area contributed by atoms with Crippen LogP contribution in [0.4, 0.5) is 0 Å². The monoisotopic (exact) mass is 393 g/mol. The number of carbonyl (C=O) groups is 1. The first-order valence-electron chi connectivity index (χ1n) is 12.3. The summed E-state index contributed by atoms with van der Waals surface area (Å²) in [6.07, 6.45) is 16.2. The average molecular weight is 394 g/mol. The molecule has 0 heterocycles. The lowest BCUT2D eigenvalue weighted by Gasteiger charge is -2.37. The van der Waals surface area contributed by atoms with E-state index >= 15 is 0 Å². The van der Waals surface area contributed by atoms with Crippen molar-refractivity contribution < 1.29 is 9.53 Å². The van der Waals surface area contributed by atoms with E-state index in [1.807, 2.05) is 0 Å². The van der Waals surface area contributed by atoms with Crippen LogP contribution in [-0.2, 0) is 9.53 Å². The topological polar surface area (TPSA) is 52.3 Å². The van der Waals surface area contributed by atoms with Crippen LogP contribution in [0.1, 0.15) is 104 Å². The molecule has 164 valence electrons. The van der Waals surface area contributed by atoms with E-state index in [2.05, 4.69) is 20.8 Å². The molecule has 0 aromatic carbocycles. The van der Waals surface area contributed by atoms with Crippen LogP contribution >= 0.6 is 0 Å². The van der Waals surface area contributed by atoms with Crippen LogP contribution in [0, 0.1) is 35.5 Å². The minimum absolute atomic E-state index is 0.0620. The van der Waals surface area contributed by atoms with Gasteiger partial charge in [-0.05, 0) is 67.6 Å². The highest BCUT2D eigenvalue weighted by molar-refractivity contribution is 5.69. The molecule has 0 bridgehead atoms. The Morgan fingerprint density at radius 1 is 0.893 bits per heavy atom. The third kappa shape index (κ3) is 7.04. The molecule has 0 radical (unpaired) electrons. The standard InChI is InChI=1S/C25H47NO2/c1-18-10-7-5-6-8-13-24(26)23-12-9-11-21(19(2)14-16-22(18)23)20(3)15-17-25(27)28-4/h18-24H,5-17,26H2,1-4H3/t18?,19?,20-,21?,22+,23+,24+/m1/s1. The van der Waals surface area contributed by atoms with Crippen molar-refractivity contribution in [3.05, 3.63) is 0 Å². The van der Waals surface area contributed by atoms with Crippen LogP contribution in [0.25, 0.3) is 0 Å². The summed E-state index contributed by atoms with van der Waals surface area (Å²) in [4.78, 5) is 11.6. The first-order chi connectivity index (χ1) is 13.4. The number of rotatable bonds is 4.